The smallest absolute Gasteiger partial charge is 0.416 e. The normalized spacial score (nSPS) is 25.4. The quantitative estimate of drug-likeness (QED) is 0.705. The lowest BCUT2D eigenvalue weighted by Crippen LogP contribution is -2.43. The van der Waals surface area contributed by atoms with Crippen LogP contribution < -0.4 is 5.73 Å². The van der Waals surface area contributed by atoms with Crippen molar-refractivity contribution in [3.8, 4) is 0 Å². The summed E-state index contributed by atoms with van der Waals surface area (Å²) in [6.45, 7) is 4.97. The Bertz CT molecular complexity index is 711. The first-order chi connectivity index (χ1) is 13.5. The maximum Gasteiger partial charge on any atom is 0.416 e. The van der Waals surface area contributed by atoms with Gasteiger partial charge in [-0.15, -0.1) is 12.4 Å². The van der Waals surface area contributed by atoms with Crippen LogP contribution in [0.4, 0.5) is 13.2 Å². The molecule has 0 bridgehead atoms. The van der Waals surface area contributed by atoms with E-state index in [4.69, 9.17) is 19.9 Å². The molecule has 1 fully saturated rings. The Kier molecular flexibility index (Phi) is 9.58. The zero-order chi connectivity index (χ0) is 21.8. The summed E-state index contributed by atoms with van der Waals surface area (Å²) in [6, 6.07) is 3.78. The molecule has 6 nitrogen and oxygen atoms in total. The van der Waals surface area contributed by atoms with Crippen molar-refractivity contribution in [2.24, 2.45) is 17.6 Å². The average molecular weight is 454 g/mol. The molecule has 1 saturated heterocycles. The van der Waals surface area contributed by atoms with Gasteiger partial charge in [0.15, 0.2) is 0 Å². The molecule has 2 N–H and O–H groups in total. The van der Waals surface area contributed by atoms with Gasteiger partial charge in [0.1, 0.15) is 18.2 Å². The van der Waals surface area contributed by atoms with Crippen LogP contribution in [-0.2, 0) is 36.4 Å². The molecule has 0 aliphatic carbocycles. The molecular weight excluding hydrogens is 427 g/mol. The van der Waals surface area contributed by atoms with E-state index in [9.17, 15) is 22.8 Å². The minimum atomic E-state index is -4.42. The van der Waals surface area contributed by atoms with E-state index >= 15 is 0 Å². The molecule has 1 aromatic rings. The highest BCUT2D eigenvalue weighted by atomic mass is 35.5. The van der Waals surface area contributed by atoms with Gasteiger partial charge in [-0.05, 0) is 31.0 Å². The summed E-state index contributed by atoms with van der Waals surface area (Å²) in [5, 5.41) is 0. The molecule has 1 aromatic carbocycles. The van der Waals surface area contributed by atoms with Crippen LogP contribution in [0.15, 0.2) is 24.3 Å². The summed E-state index contributed by atoms with van der Waals surface area (Å²) in [5.74, 6) is -1.99. The summed E-state index contributed by atoms with van der Waals surface area (Å²) in [7, 11) is 0. The SMILES string of the molecule is CC(C)C(=O)O[C@@H]1[C@@H](Cc2ccc(C(F)(F)F)cc2)COC[C@H](N)C(=O)O[C@H]1C.Cl. The van der Waals surface area contributed by atoms with Crippen molar-refractivity contribution in [1.82, 2.24) is 0 Å². The van der Waals surface area contributed by atoms with Gasteiger partial charge in [-0.3, -0.25) is 9.59 Å². The van der Waals surface area contributed by atoms with Crippen molar-refractivity contribution in [3.63, 3.8) is 0 Å². The maximum atomic E-state index is 12.8. The maximum absolute atomic E-state index is 12.8. The Balaban J connectivity index is 0.00000450. The van der Waals surface area contributed by atoms with E-state index in [0.717, 1.165) is 12.1 Å². The van der Waals surface area contributed by atoms with Gasteiger partial charge in [0.05, 0.1) is 24.7 Å². The molecular formula is C20H27ClF3NO5. The van der Waals surface area contributed by atoms with Gasteiger partial charge < -0.3 is 19.9 Å². The van der Waals surface area contributed by atoms with Crippen molar-refractivity contribution in [2.75, 3.05) is 13.2 Å². The number of esters is 2. The summed E-state index contributed by atoms with van der Waals surface area (Å²) < 4.78 is 54.8. The van der Waals surface area contributed by atoms with E-state index in [-0.39, 0.29) is 32.0 Å². The number of carbonyl (C=O) groups is 2. The molecule has 0 spiro atoms. The van der Waals surface area contributed by atoms with Crippen molar-refractivity contribution >= 4 is 24.3 Å². The minimum absolute atomic E-state index is 0. The molecule has 4 atom stereocenters. The predicted molar refractivity (Wildman–Crippen MR) is 105 cm³/mol. The van der Waals surface area contributed by atoms with Crippen LogP contribution in [0, 0.1) is 11.8 Å². The van der Waals surface area contributed by atoms with E-state index in [2.05, 4.69) is 0 Å². The first kappa shape index (κ1) is 26.2. The second kappa shape index (κ2) is 11.0. The van der Waals surface area contributed by atoms with Crippen molar-refractivity contribution in [3.05, 3.63) is 35.4 Å². The van der Waals surface area contributed by atoms with E-state index < -0.39 is 53.8 Å². The number of hydrogen-bond acceptors (Lipinski definition) is 6. The summed E-state index contributed by atoms with van der Waals surface area (Å²) in [5.41, 5.74) is 5.58. The molecule has 1 heterocycles. The number of carbonyl (C=O) groups excluding carboxylic acids is 2. The fourth-order valence-electron chi connectivity index (χ4n) is 3.00. The van der Waals surface area contributed by atoms with E-state index in [1.54, 1.807) is 20.8 Å². The number of alkyl halides is 3. The Morgan fingerprint density at radius 2 is 1.83 bits per heavy atom. The Morgan fingerprint density at radius 3 is 2.37 bits per heavy atom. The summed E-state index contributed by atoms with van der Waals surface area (Å²) in [6.07, 6.45) is -5.78. The molecule has 1 aliphatic rings. The molecule has 0 amide bonds. The minimum Gasteiger partial charge on any atom is -0.458 e. The molecule has 1 aliphatic heterocycles. The van der Waals surface area contributed by atoms with E-state index in [1.807, 2.05) is 0 Å². The number of hydrogen-bond donors (Lipinski definition) is 1. The average Bonchev–Trinajstić information content (AvgIpc) is 2.67. The molecule has 0 aromatic heterocycles. The largest absolute Gasteiger partial charge is 0.458 e. The van der Waals surface area contributed by atoms with E-state index in [0.29, 0.717) is 5.56 Å². The number of cyclic esters (lactones) is 1. The van der Waals surface area contributed by atoms with Gasteiger partial charge in [0.2, 0.25) is 0 Å². The van der Waals surface area contributed by atoms with Crippen molar-refractivity contribution in [2.45, 2.75) is 51.6 Å². The van der Waals surface area contributed by atoms with Crippen LogP contribution in [0.5, 0.6) is 0 Å². The second-order valence-electron chi connectivity index (χ2n) is 7.50. The molecule has 30 heavy (non-hydrogen) atoms. The van der Waals surface area contributed by atoms with Crippen LogP contribution in [0.2, 0.25) is 0 Å². The highest BCUT2D eigenvalue weighted by Gasteiger charge is 2.36. The van der Waals surface area contributed by atoms with E-state index in [1.165, 1.54) is 12.1 Å². The molecule has 0 unspecified atom stereocenters. The highest BCUT2D eigenvalue weighted by Crippen LogP contribution is 2.30. The second-order valence-corrected chi connectivity index (χ2v) is 7.50. The molecule has 2 rings (SSSR count). The number of nitrogens with two attached hydrogens (primary N) is 1. The lowest BCUT2D eigenvalue weighted by molar-refractivity contribution is -0.173. The highest BCUT2D eigenvalue weighted by molar-refractivity contribution is 5.85. The van der Waals surface area contributed by atoms with Crippen LogP contribution in [-0.4, -0.2) is 43.4 Å². The topological polar surface area (TPSA) is 87.9 Å². The monoisotopic (exact) mass is 453 g/mol. The van der Waals surface area contributed by atoms with Gasteiger partial charge >= 0.3 is 18.1 Å². The number of ether oxygens (including phenoxy) is 3. The number of rotatable bonds is 4. The Hall–Kier alpha value is -1.84. The van der Waals surface area contributed by atoms with Crippen molar-refractivity contribution < 1.29 is 37.0 Å². The Labute approximate surface area is 179 Å². The summed E-state index contributed by atoms with van der Waals surface area (Å²) >= 11 is 0. The molecule has 10 heteroatoms. The van der Waals surface area contributed by atoms with Crippen molar-refractivity contribution in [1.29, 1.82) is 0 Å². The van der Waals surface area contributed by atoms with Gasteiger partial charge in [-0.25, -0.2) is 0 Å². The van der Waals surface area contributed by atoms with Crippen LogP contribution in [0.1, 0.15) is 31.9 Å². The molecule has 0 radical (unpaired) electrons. The zero-order valence-electron chi connectivity index (χ0n) is 17.0. The fraction of sp³-hybridized carbons (Fsp3) is 0.600. The standard InChI is InChI=1S/C20H26F3NO5.ClH/c1-11(2)18(25)29-17-12(3)28-19(26)16(24)10-27-9-14(17)8-13-4-6-15(7-5-13)20(21,22)23;/h4-7,11-12,14,16-17H,8-10,24H2,1-3H3;1H/t12-,14-,16-,17-;/m0./s1. The zero-order valence-corrected chi connectivity index (χ0v) is 17.8. The van der Waals surface area contributed by atoms with Gasteiger partial charge in [-0.2, -0.15) is 13.2 Å². The van der Waals surface area contributed by atoms with Crippen LogP contribution in [0.25, 0.3) is 0 Å². The van der Waals surface area contributed by atoms with Gasteiger partial charge in [-0.1, -0.05) is 26.0 Å². The fourth-order valence-corrected chi connectivity index (χ4v) is 3.00. The van der Waals surface area contributed by atoms with Crippen LogP contribution in [0.3, 0.4) is 0 Å². The lowest BCUT2D eigenvalue weighted by Gasteiger charge is -2.31. The molecule has 170 valence electrons. The predicted octanol–water partition coefficient (Wildman–Crippen LogP) is 3.14. The third-order valence-electron chi connectivity index (χ3n) is 4.66. The summed E-state index contributed by atoms with van der Waals surface area (Å²) in [4.78, 5) is 24.2. The van der Waals surface area contributed by atoms with Gasteiger partial charge in [0.25, 0.3) is 0 Å². The number of halogens is 4. The molecule has 0 saturated carbocycles. The first-order valence-corrected chi connectivity index (χ1v) is 9.39. The third-order valence-corrected chi connectivity index (χ3v) is 4.66. The Morgan fingerprint density at radius 1 is 1.23 bits per heavy atom. The third kappa shape index (κ3) is 7.14. The van der Waals surface area contributed by atoms with Crippen LogP contribution >= 0.6 is 12.4 Å². The first-order valence-electron chi connectivity index (χ1n) is 9.39. The van der Waals surface area contributed by atoms with Gasteiger partial charge in [0, 0.05) is 5.92 Å². The lowest BCUT2D eigenvalue weighted by atomic mass is 9.91. The number of benzene rings is 1.